The molecule has 0 fully saturated rings. The number of carbonyl (C=O) groups excluding carboxylic acids is 1. The number of anilines is 1. The van der Waals surface area contributed by atoms with Gasteiger partial charge in [0, 0.05) is 12.7 Å². The summed E-state index contributed by atoms with van der Waals surface area (Å²) >= 11 is 0.793. The molecule has 2 N–H and O–H groups in total. The molecular weight excluding hydrogens is 379 g/mol. The Hall–Kier alpha value is -1.78. The van der Waals surface area contributed by atoms with Gasteiger partial charge in [-0.3, -0.25) is 14.7 Å². The second-order valence-electron chi connectivity index (χ2n) is 4.48. The van der Waals surface area contributed by atoms with Crippen molar-refractivity contribution >= 4 is 44.7 Å². The van der Waals surface area contributed by atoms with Crippen LogP contribution >= 0.6 is 18.9 Å². The Labute approximate surface area is 141 Å². The first-order valence-electron chi connectivity index (χ1n) is 6.26. The lowest BCUT2D eigenvalue weighted by Crippen LogP contribution is -2.12. The molecule has 0 radical (unpaired) electrons. The van der Waals surface area contributed by atoms with Crippen molar-refractivity contribution in [3.05, 3.63) is 36.0 Å². The fourth-order valence-corrected chi connectivity index (χ4v) is 3.91. The van der Waals surface area contributed by atoms with E-state index in [0.29, 0.717) is 0 Å². The van der Waals surface area contributed by atoms with Gasteiger partial charge in [-0.2, -0.15) is 8.42 Å². The van der Waals surface area contributed by atoms with Crippen molar-refractivity contribution in [3.8, 4) is 5.75 Å². The van der Waals surface area contributed by atoms with E-state index in [1.165, 1.54) is 24.3 Å². The molecule has 0 aliphatic carbocycles. The highest BCUT2D eigenvalue weighted by atomic mass is 32.2. The summed E-state index contributed by atoms with van der Waals surface area (Å²) in [6.07, 6.45) is 2.02. The van der Waals surface area contributed by atoms with E-state index < -0.39 is 23.6 Å². The third-order valence-electron chi connectivity index (χ3n) is 2.58. The molecule has 1 aromatic carbocycles. The largest absolute Gasteiger partial charge is 0.383 e. The normalized spacial score (nSPS) is 14.0. The smallest absolute Gasteiger partial charge is 0.370 e. The molecule has 2 aromatic rings. The van der Waals surface area contributed by atoms with Crippen molar-refractivity contribution in [1.82, 2.24) is 4.98 Å². The van der Waals surface area contributed by atoms with Crippen LogP contribution in [0.15, 0.2) is 30.5 Å². The van der Waals surface area contributed by atoms with Crippen LogP contribution in [0, 0.1) is 0 Å². The first-order chi connectivity index (χ1) is 11.1. The number of hydrogen-bond acceptors (Lipinski definition) is 8. The third kappa shape index (κ3) is 4.86. The average Bonchev–Trinajstić information content (AvgIpc) is 2.95. The zero-order valence-corrected chi connectivity index (χ0v) is 15.0. The zero-order valence-electron chi connectivity index (χ0n) is 12.5. The van der Waals surface area contributed by atoms with E-state index in [2.05, 4.69) is 14.8 Å². The van der Waals surface area contributed by atoms with Gasteiger partial charge in [0.2, 0.25) is 0 Å². The molecule has 9 nitrogen and oxygen atoms in total. The molecule has 1 atom stereocenters. The standard InChI is InChI=1S/C12H13N2O7PS2/c1-20-22(16,17)10-7-13-12(23-10)14-11(15)8-4-3-5-9(6-8)21-24(2,18)19/h3-7H,1-2H3,(H,16,17)(H,13,14,15). The molecule has 0 saturated heterocycles. The van der Waals surface area contributed by atoms with Crippen LogP contribution < -0.4 is 14.1 Å². The lowest BCUT2D eigenvalue weighted by atomic mass is 10.2. The summed E-state index contributed by atoms with van der Waals surface area (Å²) in [6.45, 7) is 0. The summed E-state index contributed by atoms with van der Waals surface area (Å²) in [6, 6.07) is 5.54. The van der Waals surface area contributed by atoms with Crippen molar-refractivity contribution in [2.45, 2.75) is 0 Å². The Morgan fingerprint density at radius 2 is 2.12 bits per heavy atom. The molecule has 0 bridgehead atoms. The van der Waals surface area contributed by atoms with E-state index >= 15 is 0 Å². The van der Waals surface area contributed by atoms with Crippen LogP contribution in [0.3, 0.4) is 0 Å². The maximum atomic E-state index is 12.1. The van der Waals surface area contributed by atoms with Gasteiger partial charge in [-0.25, -0.2) is 4.98 Å². The van der Waals surface area contributed by atoms with E-state index in [1.54, 1.807) is 0 Å². The van der Waals surface area contributed by atoms with Crippen molar-refractivity contribution < 1.29 is 31.4 Å². The van der Waals surface area contributed by atoms with E-state index in [0.717, 1.165) is 30.9 Å². The zero-order chi connectivity index (χ0) is 18.0. The molecule has 24 heavy (non-hydrogen) atoms. The predicted molar refractivity (Wildman–Crippen MR) is 88.4 cm³/mol. The molecule has 1 aromatic heterocycles. The van der Waals surface area contributed by atoms with Crippen LogP contribution in [-0.2, 0) is 19.2 Å². The monoisotopic (exact) mass is 392 g/mol. The number of amides is 1. The Bertz CT molecular complexity index is 910. The molecule has 1 heterocycles. The van der Waals surface area contributed by atoms with Gasteiger partial charge in [-0.1, -0.05) is 17.4 Å². The van der Waals surface area contributed by atoms with Gasteiger partial charge < -0.3 is 13.6 Å². The molecule has 1 amide bonds. The molecule has 0 spiro atoms. The quantitative estimate of drug-likeness (QED) is 0.553. The van der Waals surface area contributed by atoms with Crippen LogP contribution in [0.5, 0.6) is 5.75 Å². The highest BCUT2D eigenvalue weighted by molar-refractivity contribution is 7.86. The van der Waals surface area contributed by atoms with Gasteiger partial charge in [0.15, 0.2) is 5.13 Å². The average molecular weight is 392 g/mol. The molecule has 1 unspecified atom stereocenters. The van der Waals surface area contributed by atoms with Crippen molar-refractivity contribution in [2.24, 2.45) is 0 Å². The van der Waals surface area contributed by atoms with Gasteiger partial charge in [0.25, 0.3) is 5.91 Å². The van der Waals surface area contributed by atoms with Gasteiger partial charge >= 0.3 is 17.7 Å². The van der Waals surface area contributed by atoms with Gasteiger partial charge in [0.1, 0.15) is 10.4 Å². The van der Waals surface area contributed by atoms with Crippen LogP contribution in [0.4, 0.5) is 5.13 Å². The van der Waals surface area contributed by atoms with Crippen LogP contribution in [-0.4, -0.2) is 37.6 Å². The maximum Gasteiger partial charge on any atom is 0.370 e. The summed E-state index contributed by atoms with van der Waals surface area (Å²) in [5.41, 5.74) is 0.131. The van der Waals surface area contributed by atoms with Crippen LogP contribution in [0.2, 0.25) is 0 Å². The molecule has 130 valence electrons. The molecule has 0 saturated carbocycles. The number of thiazole rings is 1. The number of carbonyl (C=O) groups is 1. The fraction of sp³-hybridized carbons (Fsp3) is 0.167. The topological polar surface area (TPSA) is 132 Å². The summed E-state index contributed by atoms with van der Waals surface area (Å²) < 4.78 is 43.0. The second kappa shape index (κ2) is 6.99. The predicted octanol–water partition coefficient (Wildman–Crippen LogP) is 1.19. The fourth-order valence-electron chi connectivity index (χ4n) is 1.58. The summed E-state index contributed by atoms with van der Waals surface area (Å²) in [7, 11) is -6.55. The lowest BCUT2D eigenvalue weighted by molar-refractivity contribution is 0.102. The molecule has 0 aliphatic rings. The molecule has 2 rings (SSSR count). The number of nitrogens with one attached hydrogen (secondary N) is 1. The van der Waals surface area contributed by atoms with E-state index in [1.807, 2.05) is 0 Å². The Balaban J connectivity index is 2.16. The SMILES string of the molecule is COP(=O)(O)c1cnc(NC(=O)c2cccc(OS(C)(=O)=O)c2)s1. The first-order valence-corrected chi connectivity index (χ1v) is 10.5. The minimum absolute atomic E-state index is 0.00998. The van der Waals surface area contributed by atoms with Crippen molar-refractivity contribution in [2.75, 3.05) is 18.7 Å². The Morgan fingerprint density at radius 1 is 1.42 bits per heavy atom. The Kier molecular flexibility index (Phi) is 5.41. The summed E-state index contributed by atoms with van der Waals surface area (Å²) in [5.74, 6) is -0.593. The van der Waals surface area contributed by atoms with Gasteiger partial charge in [0.05, 0.1) is 12.5 Å². The molecule has 0 aliphatic heterocycles. The van der Waals surface area contributed by atoms with Gasteiger partial charge in [-0.05, 0) is 18.2 Å². The second-order valence-corrected chi connectivity index (χ2v) is 9.27. The van der Waals surface area contributed by atoms with Crippen LogP contribution in [0.1, 0.15) is 10.4 Å². The van der Waals surface area contributed by atoms with E-state index in [-0.39, 0.29) is 21.1 Å². The number of aromatic nitrogens is 1. The summed E-state index contributed by atoms with van der Waals surface area (Å²) in [4.78, 5) is 25.5. The minimum Gasteiger partial charge on any atom is -0.383 e. The van der Waals surface area contributed by atoms with Gasteiger partial charge in [-0.15, -0.1) is 0 Å². The number of rotatable bonds is 6. The van der Waals surface area contributed by atoms with E-state index in [4.69, 9.17) is 4.18 Å². The summed E-state index contributed by atoms with van der Waals surface area (Å²) in [5, 5.41) is 2.53. The van der Waals surface area contributed by atoms with E-state index in [9.17, 15) is 22.7 Å². The van der Waals surface area contributed by atoms with Crippen molar-refractivity contribution in [3.63, 3.8) is 0 Å². The maximum absolute atomic E-state index is 12.1. The highest BCUT2D eigenvalue weighted by Gasteiger charge is 2.24. The lowest BCUT2D eigenvalue weighted by Gasteiger charge is -2.06. The number of hydrogen-bond donors (Lipinski definition) is 2. The number of nitrogens with zero attached hydrogens (tertiary/aromatic N) is 1. The van der Waals surface area contributed by atoms with Crippen molar-refractivity contribution in [1.29, 1.82) is 0 Å². The minimum atomic E-state index is -3.93. The Morgan fingerprint density at radius 3 is 2.75 bits per heavy atom. The number of benzene rings is 1. The highest BCUT2D eigenvalue weighted by Crippen LogP contribution is 2.41. The molecule has 12 heteroatoms. The molecular formula is C12H13N2O7PS2. The van der Waals surface area contributed by atoms with Crippen LogP contribution in [0.25, 0.3) is 0 Å². The first kappa shape index (κ1) is 18.6. The third-order valence-corrected chi connectivity index (χ3v) is 5.93.